The van der Waals surface area contributed by atoms with E-state index in [-0.39, 0.29) is 17.6 Å². The molecule has 0 saturated heterocycles. The van der Waals surface area contributed by atoms with Crippen LogP contribution in [-0.2, 0) is 9.59 Å². The molecule has 2 amide bonds. The second-order valence-electron chi connectivity index (χ2n) is 8.29. The van der Waals surface area contributed by atoms with E-state index < -0.39 is 0 Å². The van der Waals surface area contributed by atoms with E-state index in [0.717, 1.165) is 11.3 Å². The summed E-state index contributed by atoms with van der Waals surface area (Å²) in [4.78, 5) is 34.3. The molecule has 8 nitrogen and oxygen atoms in total. The maximum Gasteiger partial charge on any atom is 0.283 e. The van der Waals surface area contributed by atoms with Crippen molar-refractivity contribution >= 4 is 51.9 Å². The van der Waals surface area contributed by atoms with E-state index in [0.29, 0.717) is 33.7 Å². The number of para-hydroxylation sites is 1. The quantitative estimate of drug-likeness (QED) is 0.430. The van der Waals surface area contributed by atoms with Gasteiger partial charge >= 0.3 is 0 Å². The molecule has 3 aromatic carbocycles. The van der Waals surface area contributed by atoms with E-state index in [1.54, 1.807) is 31.4 Å². The summed E-state index contributed by atoms with van der Waals surface area (Å²) < 4.78 is 10.6. The van der Waals surface area contributed by atoms with Gasteiger partial charge in [0.15, 0.2) is 5.17 Å². The van der Waals surface area contributed by atoms with Crippen molar-refractivity contribution < 1.29 is 19.1 Å². The number of hydrogen-bond donors (Lipinski definition) is 1. The fourth-order valence-electron chi connectivity index (χ4n) is 3.65. The average Bonchev–Trinajstić information content (AvgIpc) is 3.22. The smallest absolute Gasteiger partial charge is 0.283 e. The molecule has 1 N–H and O–H groups in total. The monoisotopic (exact) mass is 516 g/mol. The number of benzene rings is 3. The molecule has 0 fully saturated rings. The summed E-state index contributed by atoms with van der Waals surface area (Å²) in [5, 5.41) is 3.28. The van der Waals surface area contributed by atoms with Crippen molar-refractivity contribution in [2.45, 2.75) is 0 Å². The minimum Gasteiger partial charge on any atom is -0.497 e. The third kappa shape index (κ3) is 6.13. The molecule has 1 heterocycles. The van der Waals surface area contributed by atoms with Crippen molar-refractivity contribution in [2.24, 2.45) is 4.99 Å². The van der Waals surface area contributed by atoms with Crippen LogP contribution in [0.4, 0.5) is 17.1 Å². The lowest BCUT2D eigenvalue weighted by molar-refractivity contribution is -0.114. The van der Waals surface area contributed by atoms with Gasteiger partial charge in [0.25, 0.3) is 5.91 Å². The molecule has 0 spiro atoms. The van der Waals surface area contributed by atoms with Gasteiger partial charge in [-0.25, -0.2) is 4.99 Å². The fourth-order valence-corrected chi connectivity index (χ4v) is 4.47. The number of hydrogen-bond acceptors (Lipinski definition) is 7. The van der Waals surface area contributed by atoms with E-state index in [2.05, 4.69) is 10.3 Å². The summed E-state index contributed by atoms with van der Waals surface area (Å²) in [6.07, 6.45) is 1.76. The lowest BCUT2D eigenvalue weighted by Crippen LogP contribution is -2.31. The minimum absolute atomic E-state index is 0.0423. The van der Waals surface area contributed by atoms with Gasteiger partial charge in [-0.1, -0.05) is 42.1 Å². The first kappa shape index (κ1) is 25.8. The van der Waals surface area contributed by atoms with Crippen LogP contribution >= 0.6 is 11.8 Å². The van der Waals surface area contributed by atoms with Gasteiger partial charge in [-0.05, 0) is 48.0 Å². The summed E-state index contributed by atoms with van der Waals surface area (Å²) in [5.41, 5.74) is 3.40. The standard InChI is InChI=1S/C28H28N4O4S/c1-31(2)20-12-10-19(11-13-20)16-24-27(34)32(21-8-6-5-7-9-21)28(30-24)37-18-26(33)29-23-17-22(35-3)14-15-25(23)36-4/h5-17H,18H2,1-4H3,(H,29,33). The molecule has 9 heteroatoms. The molecule has 0 aliphatic carbocycles. The van der Waals surface area contributed by atoms with Crippen LogP contribution in [0.5, 0.6) is 11.5 Å². The van der Waals surface area contributed by atoms with E-state index in [9.17, 15) is 9.59 Å². The Morgan fingerprint density at radius 3 is 2.41 bits per heavy atom. The molecule has 0 unspecified atom stereocenters. The highest BCUT2D eigenvalue weighted by molar-refractivity contribution is 8.14. The zero-order chi connectivity index (χ0) is 26.4. The molecule has 3 aromatic rings. The topological polar surface area (TPSA) is 83.5 Å². The van der Waals surface area contributed by atoms with Crippen LogP contribution in [0.1, 0.15) is 5.56 Å². The number of ether oxygens (including phenoxy) is 2. The Balaban J connectivity index is 1.55. The van der Waals surface area contributed by atoms with Crippen LogP contribution in [0.2, 0.25) is 0 Å². The highest BCUT2D eigenvalue weighted by Gasteiger charge is 2.32. The first-order valence-electron chi connectivity index (χ1n) is 11.5. The van der Waals surface area contributed by atoms with Crippen molar-refractivity contribution in [1.29, 1.82) is 0 Å². The predicted octanol–water partition coefficient (Wildman–Crippen LogP) is 4.89. The third-order valence-corrected chi connectivity index (χ3v) is 6.51. The Morgan fingerprint density at radius 1 is 1.03 bits per heavy atom. The van der Waals surface area contributed by atoms with E-state index in [1.165, 1.54) is 23.8 Å². The van der Waals surface area contributed by atoms with Crippen LogP contribution in [0.3, 0.4) is 0 Å². The summed E-state index contributed by atoms with van der Waals surface area (Å²) in [6.45, 7) is 0. The molecule has 0 aromatic heterocycles. The molecule has 1 aliphatic rings. The molecule has 1 aliphatic heterocycles. The number of amidine groups is 1. The number of methoxy groups -OCH3 is 2. The van der Waals surface area contributed by atoms with Crippen LogP contribution in [0.25, 0.3) is 6.08 Å². The number of aliphatic imine (C=N–C) groups is 1. The maximum atomic E-state index is 13.4. The molecule has 37 heavy (non-hydrogen) atoms. The molecule has 0 bridgehead atoms. The predicted molar refractivity (Wildman–Crippen MR) is 151 cm³/mol. The number of carbonyl (C=O) groups excluding carboxylic acids is 2. The molecule has 0 atom stereocenters. The van der Waals surface area contributed by atoms with Gasteiger partial charge < -0.3 is 19.7 Å². The normalized spacial score (nSPS) is 13.9. The lowest BCUT2D eigenvalue weighted by atomic mass is 10.1. The van der Waals surface area contributed by atoms with Gasteiger partial charge in [-0.3, -0.25) is 14.5 Å². The largest absolute Gasteiger partial charge is 0.497 e. The van der Waals surface area contributed by atoms with Gasteiger partial charge in [-0.2, -0.15) is 0 Å². The molecule has 0 saturated carbocycles. The first-order chi connectivity index (χ1) is 17.9. The van der Waals surface area contributed by atoms with Gasteiger partial charge in [0, 0.05) is 25.8 Å². The maximum absolute atomic E-state index is 13.4. The summed E-state index contributed by atoms with van der Waals surface area (Å²) >= 11 is 1.19. The molecule has 190 valence electrons. The van der Waals surface area contributed by atoms with Crippen molar-refractivity contribution in [2.75, 3.05) is 49.2 Å². The Labute approximate surface area is 220 Å². The summed E-state index contributed by atoms with van der Waals surface area (Å²) in [6, 6.07) is 22.3. The minimum atomic E-state index is -0.267. The number of carbonyl (C=O) groups is 2. The Hall–Kier alpha value is -4.24. The first-order valence-corrected chi connectivity index (χ1v) is 12.5. The number of rotatable bonds is 8. The molecule has 0 radical (unpaired) electrons. The highest BCUT2D eigenvalue weighted by Crippen LogP contribution is 2.31. The Kier molecular flexibility index (Phi) is 8.15. The van der Waals surface area contributed by atoms with Gasteiger partial charge in [0.2, 0.25) is 5.91 Å². The van der Waals surface area contributed by atoms with Crippen molar-refractivity contribution in [3.63, 3.8) is 0 Å². The second kappa shape index (κ2) is 11.7. The Morgan fingerprint density at radius 2 is 1.76 bits per heavy atom. The van der Waals surface area contributed by atoms with Crippen molar-refractivity contribution in [3.05, 3.63) is 84.1 Å². The van der Waals surface area contributed by atoms with Crippen LogP contribution in [0.15, 0.2) is 83.5 Å². The van der Waals surface area contributed by atoms with Crippen LogP contribution in [0, 0.1) is 0 Å². The number of amides is 2. The SMILES string of the molecule is COc1ccc(OC)c(NC(=O)CSC2=NC(=Cc3ccc(N(C)C)cc3)C(=O)N2c2ccccc2)c1. The number of nitrogens with one attached hydrogen (secondary N) is 1. The Bertz CT molecular complexity index is 1340. The van der Waals surface area contributed by atoms with E-state index in [4.69, 9.17) is 9.47 Å². The molecule has 4 rings (SSSR count). The highest BCUT2D eigenvalue weighted by atomic mass is 32.2. The average molecular weight is 517 g/mol. The number of nitrogens with zero attached hydrogens (tertiary/aromatic N) is 3. The fraction of sp³-hybridized carbons (Fsp3) is 0.179. The zero-order valence-corrected chi connectivity index (χ0v) is 21.9. The van der Waals surface area contributed by atoms with Crippen LogP contribution < -0.4 is 24.6 Å². The summed E-state index contributed by atoms with van der Waals surface area (Å²) in [5.74, 6) is 0.638. The van der Waals surface area contributed by atoms with Crippen LogP contribution in [-0.4, -0.2) is 51.0 Å². The lowest BCUT2D eigenvalue weighted by Gasteiger charge is -2.17. The van der Waals surface area contributed by atoms with Gasteiger partial charge in [-0.15, -0.1) is 0 Å². The third-order valence-electron chi connectivity index (χ3n) is 5.57. The summed E-state index contributed by atoms with van der Waals surface area (Å²) in [7, 11) is 7.03. The number of thioether (sulfide) groups is 1. The molecular formula is C28H28N4O4S. The van der Waals surface area contributed by atoms with Gasteiger partial charge in [0.05, 0.1) is 31.3 Å². The van der Waals surface area contributed by atoms with Crippen molar-refractivity contribution in [1.82, 2.24) is 0 Å². The second-order valence-corrected chi connectivity index (χ2v) is 9.23. The molecular weight excluding hydrogens is 488 g/mol. The van der Waals surface area contributed by atoms with Gasteiger partial charge in [0.1, 0.15) is 17.2 Å². The van der Waals surface area contributed by atoms with Crippen molar-refractivity contribution in [3.8, 4) is 11.5 Å². The zero-order valence-electron chi connectivity index (χ0n) is 21.1. The van der Waals surface area contributed by atoms with E-state index >= 15 is 0 Å². The number of anilines is 3. The van der Waals surface area contributed by atoms with E-state index in [1.807, 2.05) is 73.6 Å².